The van der Waals surface area contributed by atoms with Gasteiger partial charge in [-0.05, 0) is 58.8 Å². The van der Waals surface area contributed by atoms with E-state index in [1.165, 1.54) is 6.08 Å². The van der Waals surface area contributed by atoms with Crippen molar-refractivity contribution in [3.8, 4) is 11.5 Å². The molecule has 1 amide bonds. The zero-order valence-electron chi connectivity index (χ0n) is 17.8. The van der Waals surface area contributed by atoms with E-state index in [9.17, 15) is 9.59 Å². The van der Waals surface area contributed by atoms with E-state index in [0.717, 1.165) is 27.8 Å². The van der Waals surface area contributed by atoms with Crippen LogP contribution in [0.25, 0.3) is 11.6 Å². The lowest BCUT2D eigenvalue weighted by Crippen LogP contribution is -2.30. The van der Waals surface area contributed by atoms with Gasteiger partial charge in [-0.25, -0.2) is 4.99 Å². The molecular formula is C26H22BrNO4. The first kappa shape index (κ1) is 22.0. The van der Waals surface area contributed by atoms with Crippen molar-refractivity contribution < 1.29 is 19.1 Å². The summed E-state index contributed by atoms with van der Waals surface area (Å²) < 4.78 is 11.7. The number of carbonyl (C=O) groups excluding carboxylic acids is 2. The summed E-state index contributed by atoms with van der Waals surface area (Å²) in [5.41, 5.74) is 3.84. The monoisotopic (exact) mass is 491 g/mol. The van der Waals surface area contributed by atoms with Crippen LogP contribution in [0.1, 0.15) is 24.0 Å². The van der Waals surface area contributed by atoms with E-state index in [1.807, 2.05) is 36.4 Å². The van der Waals surface area contributed by atoms with Crippen LogP contribution < -0.4 is 9.47 Å². The lowest BCUT2D eigenvalue weighted by molar-refractivity contribution is -0.127. The standard InChI is InChI=1S/C26H22BrNO4/c1-31-19-11-8-16(23(15-19)32-2)9-13-22(29)25-24(17-6-4-3-5-7-17)20-14-18(27)10-12-21(20)28-26(25)30/h3-9,11,13-15,25H,10,12H2,1-2H3/b13-9+. The van der Waals surface area contributed by atoms with Crippen LogP contribution in [0, 0.1) is 5.92 Å². The highest BCUT2D eigenvalue weighted by molar-refractivity contribution is 9.11. The Labute approximate surface area is 195 Å². The second kappa shape index (κ2) is 9.49. The Balaban J connectivity index is 1.76. The number of benzene rings is 2. The maximum absolute atomic E-state index is 13.3. The quantitative estimate of drug-likeness (QED) is 0.400. The van der Waals surface area contributed by atoms with Gasteiger partial charge in [0.05, 0.1) is 19.9 Å². The number of rotatable bonds is 6. The van der Waals surface area contributed by atoms with Gasteiger partial charge in [-0.15, -0.1) is 0 Å². The molecule has 1 atom stereocenters. The van der Waals surface area contributed by atoms with Gasteiger partial charge in [0.2, 0.25) is 0 Å². The van der Waals surface area contributed by atoms with Crippen LogP contribution in [-0.2, 0) is 9.59 Å². The second-order valence-electron chi connectivity index (χ2n) is 7.46. The van der Waals surface area contributed by atoms with Crippen molar-refractivity contribution in [3.63, 3.8) is 0 Å². The van der Waals surface area contributed by atoms with Crippen molar-refractivity contribution in [1.29, 1.82) is 0 Å². The zero-order chi connectivity index (χ0) is 22.7. The number of fused-ring (bicyclic) bond motifs is 1. The van der Waals surface area contributed by atoms with Gasteiger partial charge in [0.1, 0.15) is 17.4 Å². The van der Waals surface area contributed by atoms with Crippen molar-refractivity contribution in [2.24, 2.45) is 10.9 Å². The van der Waals surface area contributed by atoms with Gasteiger partial charge >= 0.3 is 0 Å². The molecule has 2 aliphatic rings. The smallest absolute Gasteiger partial charge is 0.261 e. The van der Waals surface area contributed by atoms with Gasteiger partial charge in [-0.2, -0.15) is 0 Å². The number of ketones is 1. The Kier molecular flexibility index (Phi) is 6.51. The van der Waals surface area contributed by atoms with Gasteiger partial charge < -0.3 is 9.47 Å². The first-order chi connectivity index (χ1) is 15.5. The average Bonchev–Trinajstić information content (AvgIpc) is 2.82. The highest BCUT2D eigenvalue weighted by Gasteiger charge is 2.37. The van der Waals surface area contributed by atoms with E-state index in [0.29, 0.717) is 29.1 Å². The number of carbonyl (C=O) groups is 2. The predicted molar refractivity (Wildman–Crippen MR) is 129 cm³/mol. The molecule has 0 radical (unpaired) electrons. The number of dihydropyridines is 1. The number of allylic oxidation sites excluding steroid dienone is 4. The summed E-state index contributed by atoms with van der Waals surface area (Å²) >= 11 is 3.58. The number of hydrogen-bond acceptors (Lipinski definition) is 4. The third-order valence-corrected chi connectivity index (χ3v) is 6.15. The molecule has 1 heterocycles. The molecule has 4 rings (SSSR count). The van der Waals surface area contributed by atoms with Crippen molar-refractivity contribution in [1.82, 2.24) is 0 Å². The van der Waals surface area contributed by atoms with Crippen LogP contribution in [0.5, 0.6) is 11.5 Å². The van der Waals surface area contributed by atoms with Gasteiger partial charge in [0.25, 0.3) is 5.91 Å². The minimum absolute atomic E-state index is 0.322. The van der Waals surface area contributed by atoms with Crippen molar-refractivity contribution in [2.45, 2.75) is 12.8 Å². The molecule has 1 aliphatic heterocycles. The van der Waals surface area contributed by atoms with Crippen LogP contribution in [0.15, 0.2) is 75.7 Å². The van der Waals surface area contributed by atoms with E-state index in [-0.39, 0.29) is 5.78 Å². The van der Waals surface area contributed by atoms with Crippen molar-refractivity contribution in [2.75, 3.05) is 14.2 Å². The molecule has 0 saturated carbocycles. The molecule has 0 fully saturated rings. The lowest BCUT2D eigenvalue weighted by Gasteiger charge is -2.27. The van der Waals surface area contributed by atoms with Crippen molar-refractivity contribution >= 4 is 45.0 Å². The number of methoxy groups -OCH3 is 2. The predicted octanol–water partition coefficient (Wildman–Crippen LogP) is 5.41. The third-order valence-electron chi connectivity index (χ3n) is 5.52. The van der Waals surface area contributed by atoms with Crippen LogP contribution in [0.4, 0.5) is 0 Å². The molecule has 1 aliphatic carbocycles. The number of hydrogen-bond donors (Lipinski definition) is 0. The molecule has 162 valence electrons. The molecule has 2 aromatic rings. The molecule has 0 spiro atoms. The minimum Gasteiger partial charge on any atom is -0.497 e. The Morgan fingerprint density at radius 1 is 1.09 bits per heavy atom. The molecule has 6 heteroatoms. The number of halogens is 1. The largest absolute Gasteiger partial charge is 0.497 e. The number of nitrogens with zero attached hydrogens (tertiary/aromatic N) is 1. The van der Waals surface area contributed by atoms with E-state index in [4.69, 9.17) is 9.47 Å². The Hall–Kier alpha value is -3.25. The summed E-state index contributed by atoms with van der Waals surface area (Å²) in [4.78, 5) is 30.6. The summed E-state index contributed by atoms with van der Waals surface area (Å²) in [6.07, 6.45) is 6.51. The zero-order valence-corrected chi connectivity index (χ0v) is 19.4. The molecule has 5 nitrogen and oxygen atoms in total. The van der Waals surface area contributed by atoms with Gasteiger partial charge in [-0.3, -0.25) is 9.59 Å². The fraction of sp³-hybridized carbons (Fsp3) is 0.192. The number of amides is 1. The van der Waals surface area contributed by atoms with Crippen LogP contribution in [0.3, 0.4) is 0 Å². The van der Waals surface area contributed by atoms with Crippen LogP contribution in [-0.4, -0.2) is 31.6 Å². The van der Waals surface area contributed by atoms with Gasteiger partial charge in [0, 0.05) is 17.2 Å². The fourth-order valence-electron chi connectivity index (χ4n) is 3.94. The molecule has 0 saturated heterocycles. The maximum Gasteiger partial charge on any atom is 0.261 e. The molecule has 0 aromatic heterocycles. The summed E-state index contributed by atoms with van der Waals surface area (Å²) in [6, 6.07) is 14.9. The van der Waals surface area contributed by atoms with E-state index in [2.05, 4.69) is 20.9 Å². The average molecular weight is 492 g/mol. The summed E-state index contributed by atoms with van der Waals surface area (Å²) in [6.45, 7) is 0. The fourth-order valence-corrected chi connectivity index (χ4v) is 4.37. The second-order valence-corrected chi connectivity index (χ2v) is 8.48. The Morgan fingerprint density at radius 2 is 1.88 bits per heavy atom. The Morgan fingerprint density at radius 3 is 2.59 bits per heavy atom. The molecule has 0 N–H and O–H groups in total. The Bertz CT molecular complexity index is 1190. The van der Waals surface area contributed by atoms with Crippen LogP contribution >= 0.6 is 15.9 Å². The topological polar surface area (TPSA) is 65.0 Å². The molecule has 32 heavy (non-hydrogen) atoms. The van der Waals surface area contributed by atoms with E-state index in [1.54, 1.807) is 38.5 Å². The highest BCUT2D eigenvalue weighted by atomic mass is 79.9. The first-order valence-electron chi connectivity index (χ1n) is 10.2. The number of ether oxygens (including phenoxy) is 2. The first-order valence-corrected chi connectivity index (χ1v) is 11.0. The van der Waals surface area contributed by atoms with E-state index >= 15 is 0 Å². The normalized spacial score (nSPS) is 18.2. The molecular weight excluding hydrogens is 470 g/mol. The lowest BCUT2D eigenvalue weighted by atomic mass is 9.79. The highest BCUT2D eigenvalue weighted by Crippen LogP contribution is 2.38. The van der Waals surface area contributed by atoms with Crippen LogP contribution in [0.2, 0.25) is 0 Å². The summed E-state index contributed by atoms with van der Waals surface area (Å²) in [5.74, 6) is -0.515. The summed E-state index contributed by atoms with van der Waals surface area (Å²) in [7, 11) is 3.13. The molecule has 1 unspecified atom stereocenters. The van der Waals surface area contributed by atoms with E-state index < -0.39 is 11.8 Å². The minimum atomic E-state index is -0.994. The molecule has 0 bridgehead atoms. The number of aliphatic imine (C=N–C) groups is 1. The molecule has 2 aromatic carbocycles. The van der Waals surface area contributed by atoms with Gasteiger partial charge in [0.15, 0.2) is 5.78 Å². The maximum atomic E-state index is 13.3. The van der Waals surface area contributed by atoms with Gasteiger partial charge in [-0.1, -0.05) is 46.3 Å². The third kappa shape index (κ3) is 4.36. The SMILES string of the molecule is COc1ccc(/C=C/C(=O)C2C(=O)N=C3CCC(Br)=CC3=C2c2ccccc2)c(OC)c1. The van der Waals surface area contributed by atoms with Crippen molar-refractivity contribution in [3.05, 3.63) is 81.9 Å². The summed E-state index contributed by atoms with van der Waals surface area (Å²) in [5, 5.41) is 0.